The van der Waals surface area contributed by atoms with Crippen LogP contribution in [0.3, 0.4) is 0 Å². The third-order valence-corrected chi connectivity index (χ3v) is 6.53. The Morgan fingerprint density at radius 1 is 0.935 bits per heavy atom. The van der Waals surface area contributed by atoms with E-state index in [9.17, 15) is 4.79 Å². The highest BCUT2D eigenvalue weighted by Crippen LogP contribution is 2.23. The molecule has 2 aromatic rings. The molecule has 0 amide bonds. The lowest BCUT2D eigenvalue weighted by molar-refractivity contribution is 0.0600. The van der Waals surface area contributed by atoms with Gasteiger partial charge in [-0.15, -0.1) is 0 Å². The first kappa shape index (κ1) is 21.7. The van der Waals surface area contributed by atoms with E-state index in [1.165, 1.54) is 31.2 Å². The molecule has 166 valence electrons. The van der Waals surface area contributed by atoms with Crippen LogP contribution in [0.25, 0.3) is 0 Å². The van der Waals surface area contributed by atoms with Crippen molar-refractivity contribution >= 4 is 11.7 Å². The molecule has 2 fully saturated rings. The SMILES string of the molecule is COC(=O)c1ccc(CN2CCC[C@@H](N3CCN(c4ccc(OC)cc4)CC3)C2)cc1. The van der Waals surface area contributed by atoms with Crippen molar-refractivity contribution in [3.05, 3.63) is 59.7 Å². The van der Waals surface area contributed by atoms with Gasteiger partial charge in [0.05, 0.1) is 19.8 Å². The number of likely N-dealkylation sites (tertiary alicyclic amines) is 1. The minimum Gasteiger partial charge on any atom is -0.497 e. The predicted octanol–water partition coefficient (Wildman–Crippen LogP) is 3.27. The number of carbonyl (C=O) groups excluding carboxylic acids is 1. The molecule has 0 spiro atoms. The van der Waals surface area contributed by atoms with Crippen molar-refractivity contribution in [3.63, 3.8) is 0 Å². The lowest BCUT2D eigenvalue weighted by atomic mass is 10.0. The highest BCUT2D eigenvalue weighted by atomic mass is 16.5. The van der Waals surface area contributed by atoms with E-state index >= 15 is 0 Å². The van der Waals surface area contributed by atoms with Crippen molar-refractivity contribution in [2.75, 3.05) is 58.4 Å². The van der Waals surface area contributed by atoms with Crippen LogP contribution in [0.4, 0.5) is 5.69 Å². The molecule has 0 N–H and O–H groups in total. The smallest absolute Gasteiger partial charge is 0.337 e. The lowest BCUT2D eigenvalue weighted by Gasteiger charge is -2.44. The normalized spacial score (nSPS) is 20.5. The van der Waals surface area contributed by atoms with E-state index in [0.29, 0.717) is 11.6 Å². The van der Waals surface area contributed by atoms with Crippen molar-refractivity contribution in [3.8, 4) is 5.75 Å². The Bertz CT molecular complexity index is 845. The van der Waals surface area contributed by atoms with Crippen LogP contribution in [-0.4, -0.2) is 75.3 Å². The monoisotopic (exact) mass is 423 g/mol. The molecule has 0 radical (unpaired) electrons. The predicted molar refractivity (Wildman–Crippen MR) is 123 cm³/mol. The van der Waals surface area contributed by atoms with Gasteiger partial charge in [0.15, 0.2) is 0 Å². The van der Waals surface area contributed by atoms with Gasteiger partial charge in [0.25, 0.3) is 0 Å². The lowest BCUT2D eigenvalue weighted by Crippen LogP contribution is -2.55. The van der Waals surface area contributed by atoms with Gasteiger partial charge in [0.2, 0.25) is 0 Å². The van der Waals surface area contributed by atoms with Crippen LogP contribution < -0.4 is 9.64 Å². The minimum absolute atomic E-state index is 0.279. The quantitative estimate of drug-likeness (QED) is 0.665. The van der Waals surface area contributed by atoms with Gasteiger partial charge < -0.3 is 14.4 Å². The molecule has 0 unspecified atom stereocenters. The first-order valence-electron chi connectivity index (χ1n) is 11.2. The second-order valence-electron chi connectivity index (χ2n) is 8.44. The number of carbonyl (C=O) groups is 1. The molecule has 4 rings (SSSR count). The Labute approximate surface area is 185 Å². The summed E-state index contributed by atoms with van der Waals surface area (Å²) in [7, 11) is 3.12. The Kier molecular flexibility index (Phi) is 7.10. The van der Waals surface area contributed by atoms with Gasteiger partial charge in [0.1, 0.15) is 5.75 Å². The van der Waals surface area contributed by atoms with Crippen molar-refractivity contribution in [2.24, 2.45) is 0 Å². The number of methoxy groups -OCH3 is 2. The number of piperidine rings is 1. The maximum atomic E-state index is 11.6. The van der Waals surface area contributed by atoms with Crippen LogP contribution in [0.5, 0.6) is 5.75 Å². The summed E-state index contributed by atoms with van der Waals surface area (Å²) in [4.78, 5) is 19.3. The number of ether oxygens (including phenoxy) is 2. The van der Waals surface area contributed by atoms with Crippen LogP contribution >= 0.6 is 0 Å². The fourth-order valence-corrected chi connectivity index (χ4v) is 4.73. The van der Waals surface area contributed by atoms with Gasteiger partial charge in [-0.05, 0) is 61.3 Å². The Hall–Kier alpha value is -2.57. The average molecular weight is 424 g/mol. The summed E-state index contributed by atoms with van der Waals surface area (Å²) in [5.41, 5.74) is 3.14. The summed E-state index contributed by atoms with van der Waals surface area (Å²) in [6.07, 6.45) is 2.52. The van der Waals surface area contributed by atoms with Crippen molar-refractivity contribution < 1.29 is 14.3 Å². The number of esters is 1. The van der Waals surface area contributed by atoms with Gasteiger partial charge in [-0.3, -0.25) is 9.80 Å². The molecule has 6 nitrogen and oxygen atoms in total. The summed E-state index contributed by atoms with van der Waals surface area (Å²) in [6.45, 7) is 7.54. The standard InChI is InChI=1S/C25H33N3O3/c1-30-24-11-9-22(10-12-24)27-14-16-28(17-15-27)23-4-3-13-26(19-23)18-20-5-7-21(8-6-20)25(29)31-2/h5-12,23H,3-4,13-19H2,1-2H3/t23-/m1/s1. The third kappa shape index (κ3) is 5.38. The largest absolute Gasteiger partial charge is 0.497 e. The Morgan fingerprint density at radius 2 is 1.65 bits per heavy atom. The molecular formula is C25H33N3O3. The first-order valence-corrected chi connectivity index (χ1v) is 11.2. The molecule has 31 heavy (non-hydrogen) atoms. The van der Waals surface area contributed by atoms with Gasteiger partial charge in [0, 0.05) is 51.0 Å². The number of anilines is 1. The van der Waals surface area contributed by atoms with Crippen LogP contribution in [0.15, 0.2) is 48.5 Å². The minimum atomic E-state index is -0.279. The molecular weight excluding hydrogens is 390 g/mol. The van der Waals surface area contributed by atoms with E-state index in [4.69, 9.17) is 9.47 Å². The maximum Gasteiger partial charge on any atom is 0.337 e. The maximum absolute atomic E-state index is 11.6. The zero-order chi connectivity index (χ0) is 21.6. The van der Waals surface area contributed by atoms with E-state index < -0.39 is 0 Å². The molecule has 0 bridgehead atoms. The molecule has 2 aliphatic heterocycles. The molecule has 0 saturated carbocycles. The summed E-state index contributed by atoms with van der Waals surface area (Å²) in [6, 6.07) is 16.8. The van der Waals surface area contributed by atoms with E-state index in [2.05, 4.69) is 26.8 Å². The summed E-state index contributed by atoms with van der Waals surface area (Å²) in [5.74, 6) is 0.628. The van der Waals surface area contributed by atoms with E-state index in [1.807, 2.05) is 36.4 Å². The molecule has 2 saturated heterocycles. The summed E-state index contributed by atoms with van der Waals surface area (Å²) in [5, 5.41) is 0. The number of hydrogen-bond acceptors (Lipinski definition) is 6. The number of rotatable bonds is 6. The second-order valence-corrected chi connectivity index (χ2v) is 8.44. The molecule has 1 atom stereocenters. The van der Waals surface area contributed by atoms with Gasteiger partial charge in [-0.2, -0.15) is 0 Å². The number of piperazine rings is 1. The summed E-state index contributed by atoms with van der Waals surface area (Å²) >= 11 is 0. The zero-order valence-electron chi connectivity index (χ0n) is 18.6. The topological polar surface area (TPSA) is 45.2 Å². The average Bonchev–Trinajstić information content (AvgIpc) is 2.84. The molecule has 6 heteroatoms. The molecule has 2 aromatic carbocycles. The van der Waals surface area contributed by atoms with Crippen LogP contribution in [0.2, 0.25) is 0 Å². The third-order valence-electron chi connectivity index (χ3n) is 6.53. The Balaban J connectivity index is 1.28. The van der Waals surface area contributed by atoms with E-state index in [-0.39, 0.29) is 5.97 Å². The van der Waals surface area contributed by atoms with Crippen LogP contribution in [-0.2, 0) is 11.3 Å². The first-order chi connectivity index (χ1) is 15.2. The molecule has 0 aliphatic carbocycles. The van der Waals surface area contributed by atoms with Crippen LogP contribution in [0.1, 0.15) is 28.8 Å². The molecule has 0 aromatic heterocycles. The van der Waals surface area contributed by atoms with E-state index in [0.717, 1.165) is 51.6 Å². The number of nitrogens with zero attached hydrogens (tertiary/aromatic N) is 3. The zero-order valence-corrected chi connectivity index (χ0v) is 18.6. The van der Waals surface area contributed by atoms with Crippen molar-refractivity contribution in [2.45, 2.75) is 25.4 Å². The van der Waals surface area contributed by atoms with Gasteiger partial charge in [-0.25, -0.2) is 4.79 Å². The van der Waals surface area contributed by atoms with Gasteiger partial charge in [-0.1, -0.05) is 12.1 Å². The van der Waals surface area contributed by atoms with Crippen molar-refractivity contribution in [1.29, 1.82) is 0 Å². The highest BCUT2D eigenvalue weighted by Gasteiger charge is 2.28. The number of hydrogen-bond donors (Lipinski definition) is 0. The second kappa shape index (κ2) is 10.2. The summed E-state index contributed by atoms with van der Waals surface area (Å²) < 4.78 is 10.1. The highest BCUT2D eigenvalue weighted by molar-refractivity contribution is 5.89. The number of benzene rings is 2. The van der Waals surface area contributed by atoms with Crippen LogP contribution in [0, 0.1) is 0 Å². The van der Waals surface area contributed by atoms with E-state index in [1.54, 1.807) is 7.11 Å². The Morgan fingerprint density at radius 3 is 2.29 bits per heavy atom. The molecule has 2 heterocycles. The molecule has 2 aliphatic rings. The van der Waals surface area contributed by atoms with Gasteiger partial charge >= 0.3 is 5.97 Å². The fraction of sp³-hybridized carbons (Fsp3) is 0.480. The van der Waals surface area contributed by atoms with Crippen molar-refractivity contribution in [1.82, 2.24) is 9.80 Å². The fourth-order valence-electron chi connectivity index (χ4n) is 4.73.